The summed E-state index contributed by atoms with van der Waals surface area (Å²) >= 11 is 6.90. The number of benzene rings is 3. The molecule has 0 spiro atoms. The standard InChI is InChI=1S/C24H18Br2FN3O3/c1-14-29-21-7-6-17(25)10-19(21)24(31)30(14)28-12-16-9-22(32-2)23(11-20(16)26)33-13-15-4-3-5-18(27)8-15/h3-12H,13H2,1-2H3. The third-order valence-electron chi connectivity index (χ3n) is 4.85. The molecule has 3 aromatic carbocycles. The average Bonchev–Trinajstić information content (AvgIpc) is 2.79. The first-order chi connectivity index (χ1) is 15.9. The van der Waals surface area contributed by atoms with Gasteiger partial charge in [0.2, 0.25) is 0 Å². The van der Waals surface area contributed by atoms with E-state index in [0.29, 0.717) is 43.8 Å². The van der Waals surface area contributed by atoms with Crippen LogP contribution >= 0.6 is 31.9 Å². The van der Waals surface area contributed by atoms with Gasteiger partial charge in [-0.3, -0.25) is 4.79 Å². The van der Waals surface area contributed by atoms with Gasteiger partial charge in [-0.2, -0.15) is 9.78 Å². The van der Waals surface area contributed by atoms with Crippen LogP contribution in [0.5, 0.6) is 11.5 Å². The molecule has 0 radical (unpaired) electrons. The Bertz CT molecular complexity index is 1440. The molecule has 0 amide bonds. The smallest absolute Gasteiger partial charge is 0.282 e. The number of aryl methyl sites for hydroxylation is 1. The van der Waals surface area contributed by atoms with E-state index in [1.807, 2.05) is 6.07 Å². The number of rotatable bonds is 6. The van der Waals surface area contributed by atoms with Crippen LogP contribution in [0.3, 0.4) is 0 Å². The van der Waals surface area contributed by atoms with E-state index >= 15 is 0 Å². The molecule has 0 fully saturated rings. The lowest BCUT2D eigenvalue weighted by Gasteiger charge is -2.13. The highest BCUT2D eigenvalue weighted by Crippen LogP contribution is 2.33. The molecule has 0 N–H and O–H groups in total. The molecule has 0 aliphatic carbocycles. The molecule has 0 atom stereocenters. The minimum absolute atomic E-state index is 0.181. The SMILES string of the molecule is COc1cc(C=Nn2c(C)nc3ccc(Br)cc3c2=O)c(Br)cc1OCc1cccc(F)c1. The molecule has 0 aliphatic rings. The topological polar surface area (TPSA) is 65.7 Å². The lowest BCUT2D eigenvalue weighted by Crippen LogP contribution is -2.20. The van der Waals surface area contributed by atoms with Gasteiger partial charge in [0.25, 0.3) is 5.56 Å². The van der Waals surface area contributed by atoms with Gasteiger partial charge in [-0.1, -0.05) is 28.1 Å². The van der Waals surface area contributed by atoms with Gasteiger partial charge in [0, 0.05) is 14.5 Å². The van der Waals surface area contributed by atoms with Crippen LogP contribution in [0.4, 0.5) is 4.39 Å². The van der Waals surface area contributed by atoms with Crippen molar-refractivity contribution in [1.29, 1.82) is 0 Å². The van der Waals surface area contributed by atoms with Crippen LogP contribution < -0.4 is 15.0 Å². The van der Waals surface area contributed by atoms with Crippen molar-refractivity contribution >= 4 is 49.0 Å². The van der Waals surface area contributed by atoms with E-state index in [1.54, 1.807) is 49.5 Å². The summed E-state index contributed by atoms with van der Waals surface area (Å²) in [5.74, 6) is 1.10. The Hall–Kier alpha value is -3.04. The van der Waals surface area contributed by atoms with E-state index in [2.05, 4.69) is 41.9 Å². The number of aromatic nitrogens is 2. The van der Waals surface area contributed by atoms with Gasteiger partial charge in [-0.05, 0) is 70.9 Å². The van der Waals surface area contributed by atoms with Crippen LogP contribution in [0.15, 0.2) is 73.4 Å². The predicted molar refractivity (Wildman–Crippen MR) is 133 cm³/mol. The average molecular weight is 575 g/mol. The third kappa shape index (κ3) is 5.15. The van der Waals surface area contributed by atoms with Crippen LogP contribution in [-0.4, -0.2) is 23.0 Å². The molecular formula is C24H18Br2FN3O3. The van der Waals surface area contributed by atoms with Crippen molar-refractivity contribution in [1.82, 2.24) is 9.66 Å². The molecule has 0 aliphatic heterocycles. The Labute approximate surface area is 205 Å². The Morgan fingerprint density at radius 2 is 1.94 bits per heavy atom. The maximum atomic E-state index is 13.4. The second-order valence-electron chi connectivity index (χ2n) is 7.13. The number of hydrogen-bond donors (Lipinski definition) is 0. The Balaban J connectivity index is 1.64. The van der Waals surface area contributed by atoms with E-state index in [0.717, 1.165) is 4.47 Å². The van der Waals surface area contributed by atoms with Gasteiger partial charge in [-0.25, -0.2) is 9.37 Å². The molecule has 168 valence electrons. The second-order valence-corrected chi connectivity index (χ2v) is 8.90. The van der Waals surface area contributed by atoms with Crippen molar-refractivity contribution in [3.05, 3.63) is 96.7 Å². The van der Waals surface area contributed by atoms with Gasteiger partial charge in [0.05, 0.1) is 24.2 Å². The Morgan fingerprint density at radius 3 is 2.70 bits per heavy atom. The molecule has 4 rings (SSSR count). The van der Waals surface area contributed by atoms with Crippen LogP contribution in [0, 0.1) is 12.7 Å². The number of nitrogens with zero attached hydrogens (tertiary/aromatic N) is 3. The molecule has 6 nitrogen and oxygen atoms in total. The molecule has 4 aromatic rings. The summed E-state index contributed by atoms with van der Waals surface area (Å²) in [4.78, 5) is 17.4. The van der Waals surface area contributed by atoms with Crippen molar-refractivity contribution < 1.29 is 13.9 Å². The fourth-order valence-corrected chi connectivity index (χ4v) is 4.01. The van der Waals surface area contributed by atoms with Crippen LogP contribution in [0.25, 0.3) is 10.9 Å². The lowest BCUT2D eigenvalue weighted by atomic mass is 10.2. The summed E-state index contributed by atoms with van der Waals surface area (Å²) in [6.45, 7) is 1.90. The molecule has 0 bridgehead atoms. The van der Waals surface area contributed by atoms with Gasteiger partial charge >= 0.3 is 0 Å². The van der Waals surface area contributed by atoms with Gasteiger partial charge in [0.1, 0.15) is 18.2 Å². The maximum absolute atomic E-state index is 13.4. The first-order valence-corrected chi connectivity index (χ1v) is 11.4. The highest BCUT2D eigenvalue weighted by atomic mass is 79.9. The van der Waals surface area contributed by atoms with Gasteiger partial charge in [0.15, 0.2) is 11.5 Å². The minimum atomic E-state index is -0.322. The number of ether oxygens (including phenoxy) is 2. The predicted octanol–water partition coefficient (Wildman–Crippen LogP) is 5.84. The summed E-state index contributed by atoms with van der Waals surface area (Å²) < 4.78 is 27.4. The van der Waals surface area contributed by atoms with Crippen molar-refractivity contribution in [2.75, 3.05) is 7.11 Å². The second kappa shape index (κ2) is 9.84. The normalized spacial score (nSPS) is 11.3. The molecule has 0 saturated carbocycles. The number of methoxy groups -OCH3 is 1. The molecule has 1 heterocycles. The number of fused-ring (bicyclic) bond motifs is 1. The summed E-state index contributed by atoms with van der Waals surface area (Å²) in [6.07, 6.45) is 1.54. The van der Waals surface area contributed by atoms with Gasteiger partial charge < -0.3 is 9.47 Å². The Kier molecular flexibility index (Phi) is 6.90. The minimum Gasteiger partial charge on any atom is -0.493 e. The van der Waals surface area contributed by atoms with Crippen LogP contribution in [0.2, 0.25) is 0 Å². The van der Waals surface area contributed by atoms with E-state index in [4.69, 9.17) is 9.47 Å². The van der Waals surface area contributed by atoms with Crippen molar-refractivity contribution in [3.8, 4) is 11.5 Å². The molecule has 9 heteroatoms. The molecule has 1 aromatic heterocycles. The Morgan fingerprint density at radius 1 is 1.12 bits per heavy atom. The lowest BCUT2D eigenvalue weighted by molar-refractivity contribution is 0.284. The van der Waals surface area contributed by atoms with Crippen molar-refractivity contribution in [2.24, 2.45) is 5.10 Å². The third-order valence-corrected chi connectivity index (χ3v) is 6.03. The van der Waals surface area contributed by atoms with Gasteiger partial charge in [-0.15, -0.1) is 0 Å². The zero-order valence-corrected chi connectivity index (χ0v) is 20.9. The summed E-state index contributed by atoms with van der Waals surface area (Å²) in [5.41, 5.74) is 1.71. The zero-order valence-electron chi connectivity index (χ0n) is 17.7. The molecule has 0 saturated heterocycles. The van der Waals surface area contributed by atoms with Crippen LogP contribution in [0.1, 0.15) is 17.0 Å². The highest BCUT2D eigenvalue weighted by Gasteiger charge is 2.12. The van der Waals surface area contributed by atoms with E-state index in [1.165, 1.54) is 23.9 Å². The van der Waals surface area contributed by atoms with Crippen LogP contribution in [-0.2, 0) is 6.61 Å². The monoisotopic (exact) mass is 573 g/mol. The van der Waals surface area contributed by atoms with E-state index < -0.39 is 0 Å². The number of halogens is 3. The highest BCUT2D eigenvalue weighted by molar-refractivity contribution is 9.10. The molecule has 33 heavy (non-hydrogen) atoms. The summed E-state index contributed by atoms with van der Waals surface area (Å²) in [5, 5.41) is 4.82. The maximum Gasteiger partial charge on any atom is 0.282 e. The summed E-state index contributed by atoms with van der Waals surface area (Å²) in [6, 6.07) is 15.0. The van der Waals surface area contributed by atoms with Crippen molar-refractivity contribution in [3.63, 3.8) is 0 Å². The molecule has 0 unspecified atom stereocenters. The fourth-order valence-electron chi connectivity index (χ4n) is 3.23. The fraction of sp³-hybridized carbons (Fsp3) is 0.125. The molecular weight excluding hydrogens is 557 g/mol. The largest absolute Gasteiger partial charge is 0.493 e. The van der Waals surface area contributed by atoms with Crippen molar-refractivity contribution in [2.45, 2.75) is 13.5 Å². The first kappa shape index (κ1) is 23.1. The summed E-state index contributed by atoms with van der Waals surface area (Å²) in [7, 11) is 1.53. The van der Waals surface area contributed by atoms with E-state index in [-0.39, 0.29) is 18.0 Å². The van der Waals surface area contributed by atoms with E-state index in [9.17, 15) is 9.18 Å². The zero-order chi connectivity index (χ0) is 23.5. The number of hydrogen-bond acceptors (Lipinski definition) is 5. The first-order valence-electron chi connectivity index (χ1n) is 9.84. The quantitative estimate of drug-likeness (QED) is 0.271.